The van der Waals surface area contributed by atoms with Crippen molar-refractivity contribution in [2.45, 2.75) is 4.90 Å². The van der Waals surface area contributed by atoms with E-state index in [0.717, 1.165) is 22.6 Å². The van der Waals surface area contributed by atoms with Crippen molar-refractivity contribution in [1.82, 2.24) is 18.7 Å². The van der Waals surface area contributed by atoms with Crippen molar-refractivity contribution in [2.75, 3.05) is 33.4 Å². The lowest BCUT2D eigenvalue weighted by Crippen LogP contribution is -2.40. The number of methoxy groups -OCH3 is 1. The van der Waals surface area contributed by atoms with Gasteiger partial charge in [0, 0.05) is 30.4 Å². The summed E-state index contributed by atoms with van der Waals surface area (Å²) < 4.78 is 40.1. The fourth-order valence-corrected chi connectivity index (χ4v) is 5.22. The lowest BCUT2D eigenvalue weighted by Gasteiger charge is -2.26. The van der Waals surface area contributed by atoms with Crippen LogP contribution in [0.4, 0.5) is 0 Å². The summed E-state index contributed by atoms with van der Waals surface area (Å²) in [6.07, 6.45) is 5.36. The maximum absolute atomic E-state index is 13.1. The molecule has 9 heteroatoms. The molecule has 3 heterocycles. The minimum Gasteiger partial charge on any atom is -0.497 e. The fraction of sp³-hybridized carbons (Fsp3) is 0.217. The number of nitrogens with zero attached hydrogens (tertiary/aromatic N) is 4. The van der Waals surface area contributed by atoms with Gasteiger partial charge in [-0.25, -0.2) is 13.4 Å². The van der Waals surface area contributed by atoms with Gasteiger partial charge in [-0.15, -0.1) is 0 Å². The smallest absolute Gasteiger partial charge is 0.243 e. The van der Waals surface area contributed by atoms with Crippen molar-refractivity contribution in [1.29, 1.82) is 0 Å². The van der Waals surface area contributed by atoms with Gasteiger partial charge in [0.25, 0.3) is 0 Å². The summed E-state index contributed by atoms with van der Waals surface area (Å²) in [6, 6.07) is 14.6. The third-order valence-electron chi connectivity index (χ3n) is 5.52. The third kappa shape index (κ3) is 3.75. The molecule has 32 heavy (non-hydrogen) atoms. The molecular formula is C23H22N4O4S. The maximum atomic E-state index is 13.1. The zero-order chi connectivity index (χ0) is 22.1. The van der Waals surface area contributed by atoms with Crippen LogP contribution in [0.5, 0.6) is 5.75 Å². The number of aromatic nitrogens is 3. The standard InChI is InChI=1S/C23H22N4O4S/c1-30-19-7-5-17(6-8-19)22-14-25-23-15-24-21(16-27(22)23)18-3-2-4-20(13-18)32(28,29)26-9-11-31-12-10-26/h2-8,13-16H,9-12H2,1H3. The molecule has 4 aromatic rings. The minimum atomic E-state index is -3.59. The van der Waals surface area contributed by atoms with Gasteiger partial charge in [0.05, 0.1) is 49.0 Å². The lowest BCUT2D eigenvalue weighted by atomic mass is 10.1. The Balaban J connectivity index is 1.53. The first kappa shape index (κ1) is 20.6. The monoisotopic (exact) mass is 450 g/mol. The van der Waals surface area contributed by atoms with E-state index in [2.05, 4.69) is 9.97 Å². The number of morpholine rings is 1. The van der Waals surface area contributed by atoms with Gasteiger partial charge < -0.3 is 9.47 Å². The van der Waals surface area contributed by atoms with Crippen molar-refractivity contribution < 1.29 is 17.9 Å². The molecule has 0 unspecified atom stereocenters. The van der Waals surface area contributed by atoms with E-state index >= 15 is 0 Å². The number of benzene rings is 2. The highest BCUT2D eigenvalue weighted by Crippen LogP contribution is 2.27. The molecule has 0 atom stereocenters. The molecule has 1 fully saturated rings. The first-order chi connectivity index (χ1) is 15.6. The van der Waals surface area contributed by atoms with Gasteiger partial charge in [0.1, 0.15) is 5.75 Å². The Morgan fingerprint density at radius 3 is 2.50 bits per heavy atom. The SMILES string of the molecule is COc1ccc(-c2cnc3cnc(-c4cccc(S(=O)(=O)N5CCOCC5)c4)cn23)cc1. The van der Waals surface area contributed by atoms with Gasteiger partial charge in [0.15, 0.2) is 5.65 Å². The van der Waals surface area contributed by atoms with Crippen LogP contribution in [0.3, 0.4) is 0 Å². The second-order valence-corrected chi connectivity index (χ2v) is 9.35. The van der Waals surface area contributed by atoms with Crippen molar-refractivity contribution in [3.63, 3.8) is 0 Å². The molecule has 0 N–H and O–H groups in total. The van der Waals surface area contributed by atoms with E-state index in [0.29, 0.717) is 37.6 Å². The van der Waals surface area contributed by atoms with Crippen LogP contribution < -0.4 is 4.74 Å². The summed E-state index contributed by atoms with van der Waals surface area (Å²) in [7, 11) is -1.95. The average molecular weight is 451 g/mol. The first-order valence-electron chi connectivity index (χ1n) is 10.2. The van der Waals surface area contributed by atoms with E-state index < -0.39 is 10.0 Å². The van der Waals surface area contributed by atoms with Crippen molar-refractivity contribution in [3.8, 4) is 28.3 Å². The number of hydrogen-bond acceptors (Lipinski definition) is 6. The van der Waals surface area contributed by atoms with Crippen molar-refractivity contribution >= 4 is 15.7 Å². The van der Waals surface area contributed by atoms with Crippen LogP contribution in [0.2, 0.25) is 0 Å². The van der Waals surface area contributed by atoms with E-state index in [-0.39, 0.29) is 4.90 Å². The molecule has 5 rings (SSSR count). The number of rotatable bonds is 5. The van der Waals surface area contributed by atoms with Gasteiger partial charge in [-0.1, -0.05) is 12.1 Å². The Morgan fingerprint density at radius 1 is 0.969 bits per heavy atom. The van der Waals surface area contributed by atoms with Crippen LogP contribution in [-0.4, -0.2) is 60.5 Å². The number of ether oxygens (including phenoxy) is 2. The van der Waals surface area contributed by atoms with E-state index in [1.54, 1.807) is 37.7 Å². The van der Waals surface area contributed by atoms with Crippen molar-refractivity contribution in [2.24, 2.45) is 0 Å². The molecule has 0 spiro atoms. The molecule has 0 saturated carbocycles. The van der Waals surface area contributed by atoms with E-state index in [4.69, 9.17) is 9.47 Å². The molecular weight excluding hydrogens is 428 g/mol. The summed E-state index contributed by atoms with van der Waals surface area (Å²) in [4.78, 5) is 9.21. The zero-order valence-corrected chi connectivity index (χ0v) is 18.3. The van der Waals surface area contributed by atoms with Crippen LogP contribution in [0.1, 0.15) is 0 Å². The first-order valence-corrected chi connectivity index (χ1v) is 11.7. The average Bonchev–Trinajstić information content (AvgIpc) is 3.28. The second-order valence-electron chi connectivity index (χ2n) is 7.42. The fourth-order valence-electron chi connectivity index (χ4n) is 3.77. The second kappa shape index (κ2) is 8.34. The Kier molecular flexibility index (Phi) is 5.38. The number of hydrogen-bond donors (Lipinski definition) is 0. The normalized spacial score (nSPS) is 15.2. The summed E-state index contributed by atoms with van der Waals surface area (Å²) in [5, 5.41) is 0. The molecule has 1 saturated heterocycles. The summed E-state index contributed by atoms with van der Waals surface area (Å²) in [5.41, 5.74) is 3.97. The van der Waals surface area contributed by atoms with Gasteiger partial charge >= 0.3 is 0 Å². The predicted octanol–water partition coefficient (Wildman–Crippen LogP) is 3.09. The van der Waals surface area contributed by atoms with Crippen molar-refractivity contribution in [3.05, 3.63) is 67.1 Å². The highest BCUT2D eigenvalue weighted by Gasteiger charge is 2.26. The van der Waals surface area contributed by atoms with Crippen LogP contribution in [0, 0.1) is 0 Å². The molecule has 1 aliphatic rings. The molecule has 8 nitrogen and oxygen atoms in total. The van der Waals surface area contributed by atoms with Gasteiger partial charge in [-0.3, -0.25) is 9.38 Å². The Morgan fingerprint density at radius 2 is 1.75 bits per heavy atom. The Hall–Kier alpha value is -3.27. The van der Waals surface area contributed by atoms with Gasteiger partial charge in [-0.2, -0.15) is 4.31 Å². The van der Waals surface area contributed by atoms with Crippen LogP contribution in [0.15, 0.2) is 72.0 Å². The third-order valence-corrected chi connectivity index (χ3v) is 7.41. The Labute approximate surface area is 186 Å². The highest BCUT2D eigenvalue weighted by molar-refractivity contribution is 7.89. The zero-order valence-electron chi connectivity index (χ0n) is 17.5. The van der Waals surface area contributed by atoms with E-state index in [1.165, 1.54) is 4.31 Å². The number of imidazole rings is 1. The summed E-state index contributed by atoms with van der Waals surface area (Å²) in [6.45, 7) is 1.53. The van der Waals surface area contributed by atoms with Gasteiger partial charge in [-0.05, 0) is 36.4 Å². The van der Waals surface area contributed by atoms with E-state index in [9.17, 15) is 8.42 Å². The van der Waals surface area contributed by atoms with Crippen LogP contribution in [0.25, 0.3) is 28.2 Å². The topological polar surface area (TPSA) is 86.0 Å². The summed E-state index contributed by atoms with van der Waals surface area (Å²) in [5.74, 6) is 0.781. The number of sulfonamides is 1. The molecule has 164 valence electrons. The summed E-state index contributed by atoms with van der Waals surface area (Å²) >= 11 is 0. The van der Waals surface area contributed by atoms with E-state index in [1.807, 2.05) is 40.9 Å². The van der Waals surface area contributed by atoms with Gasteiger partial charge in [0.2, 0.25) is 10.0 Å². The van der Waals surface area contributed by atoms with Crippen LogP contribution >= 0.6 is 0 Å². The number of fused-ring (bicyclic) bond motifs is 1. The predicted molar refractivity (Wildman–Crippen MR) is 120 cm³/mol. The van der Waals surface area contributed by atoms with Crippen LogP contribution in [-0.2, 0) is 14.8 Å². The Bertz CT molecular complexity index is 1360. The largest absolute Gasteiger partial charge is 0.497 e. The quantitative estimate of drug-likeness (QED) is 0.465. The molecule has 0 radical (unpaired) electrons. The lowest BCUT2D eigenvalue weighted by molar-refractivity contribution is 0.0730. The molecule has 0 amide bonds. The molecule has 1 aliphatic heterocycles. The molecule has 0 aliphatic carbocycles. The molecule has 0 bridgehead atoms. The minimum absolute atomic E-state index is 0.250. The maximum Gasteiger partial charge on any atom is 0.243 e. The highest BCUT2D eigenvalue weighted by atomic mass is 32.2. The molecule has 2 aromatic carbocycles. The molecule has 2 aromatic heterocycles.